The molecule has 1 saturated heterocycles. The minimum Gasteiger partial charge on any atom is -0.494 e. The zero-order chi connectivity index (χ0) is 19.3. The van der Waals surface area contributed by atoms with E-state index in [9.17, 15) is 0 Å². The lowest BCUT2D eigenvalue weighted by Crippen LogP contribution is -2.38. The predicted octanol–water partition coefficient (Wildman–Crippen LogP) is 3.07. The molecule has 1 fully saturated rings. The number of hydrogen-bond donors (Lipinski definition) is 1. The molecule has 6 heteroatoms. The molecule has 1 unspecified atom stereocenters. The summed E-state index contributed by atoms with van der Waals surface area (Å²) in [4.78, 5) is 6.87. The number of nitrogens with zero attached hydrogens (tertiary/aromatic N) is 2. The van der Waals surface area contributed by atoms with Crippen molar-refractivity contribution < 1.29 is 14.2 Å². The van der Waals surface area contributed by atoms with Gasteiger partial charge in [0.15, 0.2) is 5.96 Å². The van der Waals surface area contributed by atoms with Crippen LogP contribution in [0.1, 0.15) is 38.7 Å². The Morgan fingerprint density at radius 1 is 1.30 bits per heavy atom. The molecule has 27 heavy (non-hydrogen) atoms. The Balaban J connectivity index is 1.73. The zero-order valence-electron chi connectivity index (χ0n) is 17.1. The fourth-order valence-electron chi connectivity index (χ4n) is 3.02. The van der Waals surface area contributed by atoms with Crippen molar-refractivity contribution in [2.24, 2.45) is 4.99 Å². The molecule has 1 aliphatic rings. The van der Waals surface area contributed by atoms with Gasteiger partial charge in [0.25, 0.3) is 0 Å². The number of nitrogens with one attached hydrogen (secondary N) is 1. The van der Waals surface area contributed by atoms with E-state index in [4.69, 9.17) is 19.2 Å². The first-order valence-electron chi connectivity index (χ1n) is 10.1. The molecule has 1 atom stereocenters. The highest BCUT2D eigenvalue weighted by Crippen LogP contribution is 2.13. The molecule has 6 nitrogen and oxygen atoms in total. The van der Waals surface area contributed by atoms with Crippen LogP contribution in [0.15, 0.2) is 29.3 Å². The Labute approximate surface area is 163 Å². The summed E-state index contributed by atoms with van der Waals surface area (Å²) in [6, 6.07) is 8.23. The van der Waals surface area contributed by atoms with Gasteiger partial charge in [0, 0.05) is 39.9 Å². The largest absolute Gasteiger partial charge is 0.494 e. The number of guanidine groups is 1. The molecular formula is C21H35N3O3. The average molecular weight is 378 g/mol. The first-order valence-corrected chi connectivity index (χ1v) is 10.1. The van der Waals surface area contributed by atoms with E-state index in [1.807, 2.05) is 19.1 Å². The topological polar surface area (TPSA) is 55.3 Å². The molecule has 0 spiro atoms. The maximum atomic E-state index is 5.71. The van der Waals surface area contributed by atoms with Crippen LogP contribution in [0.3, 0.4) is 0 Å². The average Bonchev–Trinajstić information content (AvgIpc) is 3.19. The van der Waals surface area contributed by atoms with E-state index in [-0.39, 0.29) is 0 Å². The summed E-state index contributed by atoms with van der Waals surface area (Å²) in [5.74, 6) is 1.83. The molecule has 0 bridgehead atoms. The second-order valence-corrected chi connectivity index (χ2v) is 6.73. The van der Waals surface area contributed by atoms with Gasteiger partial charge in [-0.3, -0.25) is 4.99 Å². The summed E-state index contributed by atoms with van der Waals surface area (Å²) in [7, 11) is 2.06. The predicted molar refractivity (Wildman–Crippen MR) is 109 cm³/mol. The Bertz CT molecular complexity index is 542. The van der Waals surface area contributed by atoms with Crippen LogP contribution in [0.25, 0.3) is 0 Å². The molecule has 0 saturated carbocycles. The molecule has 1 heterocycles. The van der Waals surface area contributed by atoms with Crippen LogP contribution in [0.2, 0.25) is 0 Å². The van der Waals surface area contributed by atoms with E-state index in [0.29, 0.717) is 19.3 Å². The molecule has 0 radical (unpaired) electrons. The molecule has 1 aromatic rings. The van der Waals surface area contributed by atoms with Gasteiger partial charge in [0.1, 0.15) is 5.75 Å². The number of aliphatic imine (C=N–C) groups is 1. The van der Waals surface area contributed by atoms with Crippen LogP contribution in [0.5, 0.6) is 5.75 Å². The summed E-state index contributed by atoms with van der Waals surface area (Å²) in [6.45, 7) is 9.49. The van der Waals surface area contributed by atoms with Gasteiger partial charge in [-0.15, -0.1) is 0 Å². The number of hydrogen-bond acceptors (Lipinski definition) is 4. The van der Waals surface area contributed by atoms with Crippen molar-refractivity contribution in [2.45, 2.75) is 45.8 Å². The highest BCUT2D eigenvalue weighted by molar-refractivity contribution is 5.79. The van der Waals surface area contributed by atoms with Crippen molar-refractivity contribution in [3.05, 3.63) is 29.8 Å². The van der Waals surface area contributed by atoms with Gasteiger partial charge >= 0.3 is 0 Å². The molecule has 0 aliphatic carbocycles. The lowest BCUT2D eigenvalue weighted by atomic mass is 10.2. The van der Waals surface area contributed by atoms with Crippen molar-refractivity contribution in [2.75, 3.05) is 46.6 Å². The quantitative estimate of drug-likeness (QED) is 0.365. The van der Waals surface area contributed by atoms with Crippen molar-refractivity contribution in [1.82, 2.24) is 10.2 Å². The van der Waals surface area contributed by atoms with Crippen LogP contribution < -0.4 is 10.1 Å². The lowest BCUT2D eigenvalue weighted by molar-refractivity contribution is 0.0170. The highest BCUT2D eigenvalue weighted by atomic mass is 16.5. The van der Waals surface area contributed by atoms with E-state index in [1.54, 1.807) is 0 Å². The molecule has 1 aromatic carbocycles. The van der Waals surface area contributed by atoms with Crippen LogP contribution in [0.4, 0.5) is 0 Å². The maximum absolute atomic E-state index is 5.71. The summed E-state index contributed by atoms with van der Waals surface area (Å²) in [5.41, 5.74) is 1.23. The van der Waals surface area contributed by atoms with Crippen molar-refractivity contribution in [1.29, 1.82) is 0 Å². The third kappa shape index (κ3) is 8.18. The minimum absolute atomic E-state index is 0.297. The molecule has 152 valence electrons. The van der Waals surface area contributed by atoms with Gasteiger partial charge in [-0.1, -0.05) is 12.1 Å². The van der Waals surface area contributed by atoms with E-state index in [0.717, 1.165) is 63.8 Å². The van der Waals surface area contributed by atoms with Crippen molar-refractivity contribution in [3.63, 3.8) is 0 Å². The molecule has 1 aliphatic heterocycles. The molecule has 2 rings (SSSR count). The SMILES string of the molecule is CCNC(=NCCCOCC1CCCO1)N(C)Cc1ccc(OCC)cc1. The van der Waals surface area contributed by atoms with Crippen molar-refractivity contribution >= 4 is 5.96 Å². The molecular weight excluding hydrogens is 342 g/mol. The summed E-state index contributed by atoms with van der Waals surface area (Å²) in [5, 5.41) is 3.36. The Morgan fingerprint density at radius 2 is 2.11 bits per heavy atom. The van der Waals surface area contributed by atoms with Crippen LogP contribution in [0, 0.1) is 0 Å². The van der Waals surface area contributed by atoms with Crippen LogP contribution in [-0.4, -0.2) is 63.5 Å². The number of ether oxygens (including phenoxy) is 3. The monoisotopic (exact) mass is 377 g/mol. The van der Waals surface area contributed by atoms with Gasteiger partial charge in [-0.25, -0.2) is 0 Å². The molecule has 1 N–H and O–H groups in total. The van der Waals surface area contributed by atoms with Gasteiger partial charge in [0.05, 0.1) is 19.3 Å². The van der Waals surface area contributed by atoms with Gasteiger partial charge in [-0.05, 0) is 50.8 Å². The molecule has 0 aromatic heterocycles. The van der Waals surface area contributed by atoms with Gasteiger partial charge in [-0.2, -0.15) is 0 Å². The van der Waals surface area contributed by atoms with Crippen LogP contribution >= 0.6 is 0 Å². The third-order valence-electron chi connectivity index (χ3n) is 4.39. The fourth-order valence-corrected chi connectivity index (χ4v) is 3.02. The normalized spacial score (nSPS) is 17.1. The zero-order valence-corrected chi connectivity index (χ0v) is 17.1. The Morgan fingerprint density at radius 3 is 2.78 bits per heavy atom. The van der Waals surface area contributed by atoms with E-state index in [2.05, 4.69) is 36.3 Å². The first kappa shape index (κ1) is 21.5. The summed E-state index contributed by atoms with van der Waals surface area (Å²) < 4.78 is 16.8. The second-order valence-electron chi connectivity index (χ2n) is 6.73. The lowest BCUT2D eigenvalue weighted by Gasteiger charge is -2.22. The number of benzene rings is 1. The fraction of sp³-hybridized carbons (Fsp3) is 0.667. The summed E-state index contributed by atoms with van der Waals surface area (Å²) >= 11 is 0. The maximum Gasteiger partial charge on any atom is 0.193 e. The second kappa shape index (κ2) is 12.6. The van der Waals surface area contributed by atoms with E-state index < -0.39 is 0 Å². The number of rotatable bonds is 11. The summed E-state index contributed by atoms with van der Waals surface area (Å²) in [6.07, 6.45) is 3.49. The van der Waals surface area contributed by atoms with Crippen LogP contribution in [-0.2, 0) is 16.0 Å². The Kier molecular flexibility index (Phi) is 10.0. The smallest absolute Gasteiger partial charge is 0.193 e. The van der Waals surface area contributed by atoms with Gasteiger partial charge in [0.2, 0.25) is 0 Å². The minimum atomic E-state index is 0.297. The van der Waals surface area contributed by atoms with Crippen molar-refractivity contribution in [3.8, 4) is 5.75 Å². The van der Waals surface area contributed by atoms with Gasteiger partial charge < -0.3 is 24.4 Å². The third-order valence-corrected chi connectivity index (χ3v) is 4.39. The van der Waals surface area contributed by atoms with E-state index in [1.165, 1.54) is 5.56 Å². The highest BCUT2D eigenvalue weighted by Gasteiger charge is 2.14. The molecule has 0 amide bonds. The standard InChI is InChI=1S/C21H35N3O3/c1-4-22-21(23-13-7-14-25-17-20-8-6-15-27-20)24(3)16-18-9-11-19(12-10-18)26-5-2/h9-12,20H,4-8,13-17H2,1-3H3,(H,22,23). The Hall–Kier alpha value is -1.79. The first-order chi connectivity index (χ1) is 13.2. The van der Waals surface area contributed by atoms with E-state index >= 15 is 0 Å².